The van der Waals surface area contributed by atoms with Crippen molar-refractivity contribution in [1.29, 1.82) is 0 Å². The normalized spacial score (nSPS) is 11.1. The number of para-hydroxylation sites is 1. The molecule has 0 fully saturated rings. The minimum atomic E-state index is -0.109. The molecule has 0 unspecified atom stereocenters. The molecular weight excluding hydrogens is 236 g/mol. The second-order valence-electron chi connectivity index (χ2n) is 5.15. The standard InChI is InChI=1S/C16H20N2O/c1-16(2,12-17)18-13-8-10-15(11-9-13)19-14-6-4-3-5-7-14/h3-11,18H,12,17H2,1-2H3. The lowest BCUT2D eigenvalue weighted by atomic mass is 10.1. The molecule has 0 aliphatic heterocycles. The zero-order valence-electron chi connectivity index (χ0n) is 11.4. The largest absolute Gasteiger partial charge is 0.457 e. The summed E-state index contributed by atoms with van der Waals surface area (Å²) >= 11 is 0. The van der Waals surface area contributed by atoms with Crippen LogP contribution in [0.5, 0.6) is 11.5 Å². The third-order valence-corrected chi connectivity index (χ3v) is 2.83. The lowest BCUT2D eigenvalue weighted by Gasteiger charge is -2.25. The zero-order valence-corrected chi connectivity index (χ0v) is 11.4. The average Bonchev–Trinajstić information content (AvgIpc) is 2.42. The van der Waals surface area contributed by atoms with Crippen molar-refractivity contribution in [3.05, 3.63) is 54.6 Å². The second kappa shape index (κ2) is 5.76. The SMILES string of the molecule is CC(C)(CN)Nc1ccc(Oc2ccccc2)cc1. The molecule has 0 heterocycles. The number of hydrogen-bond acceptors (Lipinski definition) is 3. The molecule has 0 aliphatic rings. The number of benzene rings is 2. The molecule has 2 rings (SSSR count). The molecule has 0 bridgehead atoms. The molecule has 0 amide bonds. The molecule has 100 valence electrons. The van der Waals surface area contributed by atoms with E-state index >= 15 is 0 Å². The number of nitrogens with two attached hydrogens (primary N) is 1. The van der Waals surface area contributed by atoms with Gasteiger partial charge in [0.05, 0.1) is 0 Å². The minimum absolute atomic E-state index is 0.109. The van der Waals surface area contributed by atoms with E-state index in [2.05, 4.69) is 19.2 Å². The Hall–Kier alpha value is -2.00. The third kappa shape index (κ3) is 4.00. The molecule has 2 aromatic carbocycles. The van der Waals surface area contributed by atoms with Gasteiger partial charge in [0.2, 0.25) is 0 Å². The Kier molecular flexibility index (Phi) is 4.07. The molecule has 0 spiro atoms. The molecule has 3 N–H and O–H groups in total. The number of nitrogens with one attached hydrogen (secondary N) is 1. The van der Waals surface area contributed by atoms with E-state index in [0.717, 1.165) is 17.2 Å². The molecular formula is C16H20N2O. The highest BCUT2D eigenvalue weighted by atomic mass is 16.5. The van der Waals surface area contributed by atoms with Gasteiger partial charge in [-0.2, -0.15) is 0 Å². The first-order valence-electron chi connectivity index (χ1n) is 6.40. The summed E-state index contributed by atoms with van der Waals surface area (Å²) in [6.07, 6.45) is 0. The molecule has 0 atom stereocenters. The van der Waals surface area contributed by atoms with Gasteiger partial charge in [-0.05, 0) is 50.2 Å². The predicted molar refractivity (Wildman–Crippen MR) is 79.7 cm³/mol. The van der Waals surface area contributed by atoms with E-state index in [0.29, 0.717) is 6.54 Å². The van der Waals surface area contributed by atoms with E-state index < -0.39 is 0 Å². The maximum Gasteiger partial charge on any atom is 0.127 e. The molecule has 0 radical (unpaired) electrons. The molecule has 3 heteroatoms. The summed E-state index contributed by atoms with van der Waals surface area (Å²) in [4.78, 5) is 0. The highest BCUT2D eigenvalue weighted by Crippen LogP contribution is 2.23. The van der Waals surface area contributed by atoms with Gasteiger partial charge in [-0.3, -0.25) is 0 Å². The second-order valence-corrected chi connectivity index (χ2v) is 5.15. The van der Waals surface area contributed by atoms with Gasteiger partial charge in [0.1, 0.15) is 11.5 Å². The molecule has 0 saturated carbocycles. The number of rotatable bonds is 5. The van der Waals surface area contributed by atoms with E-state index in [1.54, 1.807) is 0 Å². The van der Waals surface area contributed by atoms with E-state index in [9.17, 15) is 0 Å². The Balaban J connectivity index is 2.03. The van der Waals surface area contributed by atoms with Gasteiger partial charge in [0.15, 0.2) is 0 Å². The summed E-state index contributed by atoms with van der Waals surface area (Å²) in [7, 11) is 0. The van der Waals surface area contributed by atoms with Gasteiger partial charge in [0, 0.05) is 17.8 Å². The first-order chi connectivity index (χ1) is 9.09. The summed E-state index contributed by atoms with van der Waals surface area (Å²) in [5.74, 6) is 1.66. The first kappa shape index (κ1) is 13.4. The molecule has 0 aliphatic carbocycles. The topological polar surface area (TPSA) is 47.3 Å². The molecule has 2 aromatic rings. The van der Waals surface area contributed by atoms with Crippen LogP contribution in [-0.4, -0.2) is 12.1 Å². The van der Waals surface area contributed by atoms with Gasteiger partial charge in [-0.1, -0.05) is 18.2 Å². The first-order valence-corrected chi connectivity index (χ1v) is 6.40. The maximum absolute atomic E-state index is 5.74. The van der Waals surface area contributed by atoms with Crippen LogP contribution in [0.15, 0.2) is 54.6 Å². The average molecular weight is 256 g/mol. The molecule has 0 saturated heterocycles. The van der Waals surface area contributed by atoms with E-state index in [4.69, 9.17) is 10.5 Å². The smallest absolute Gasteiger partial charge is 0.127 e. The van der Waals surface area contributed by atoms with Crippen LogP contribution in [0.25, 0.3) is 0 Å². The zero-order chi connectivity index (χ0) is 13.7. The summed E-state index contributed by atoms with van der Waals surface area (Å²) < 4.78 is 5.74. The maximum atomic E-state index is 5.74. The molecule has 19 heavy (non-hydrogen) atoms. The van der Waals surface area contributed by atoms with Crippen LogP contribution >= 0.6 is 0 Å². The van der Waals surface area contributed by atoms with Crippen LogP contribution in [0.3, 0.4) is 0 Å². The highest BCUT2D eigenvalue weighted by Gasteiger charge is 2.14. The number of hydrogen-bond donors (Lipinski definition) is 2. The van der Waals surface area contributed by atoms with Crippen molar-refractivity contribution in [1.82, 2.24) is 0 Å². The van der Waals surface area contributed by atoms with E-state index in [1.807, 2.05) is 54.6 Å². The van der Waals surface area contributed by atoms with E-state index in [-0.39, 0.29) is 5.54 Å². The van der Waals surface area contributed by atoms with Gasteiger partial charge in [0.25, 0.3) is 0 Å². The van der Waals surface area contributed by atoms with Crippen LogP contribution in [0.1, 0.15) is 13.8 Å². The van der Waals surface area contributed by atoms with Crippen molar-refractivity contribution in [3.8, 4) is 11.5 Å². The lowest BCUT2D eigenvalue weighted by Crippen LogP contribution is -2.39. The van der Waals surface area contributed by atoms with Crippen molar-refractivity contribution in [3.63, 3.8) is 0 Å². The van der Waals surface area contributed by atoms with Gasteiger partial charge >= 0.3 is 0 Å². The Labute approximate surface area is 114 Å². The van der Waals surface area contributed by atoms with Crippen LogP contribution in [0.2, 0.25) is 0 Å². The molecule has 3 nitrogen and oxygen atoms in total. The Morgan fingerprint density at radius 2 is 1.53 bits per heavy atom. The molecule has 0 aromatic heterocycles. The predicted octanol–water partition coefficient (Wildman–Crippen LogP) is 3.63. The Bertz CT molecular complexity index is 506. The Morgan fingerprint density at radius 1 is 0.947 bits per heavy atom. The fourth-order valence-corrected chi connectivity index (χ4v) is 1.67. The summed E-state index contributed by atoms with van der Waals surface area (Å²) in [6.45, 7) is 4.72. The fraction of sp³-hybridized carbons (Fsp3) is 0.250. The van der Waals surface area contributed by atoms with Gasteiger partial charge in [-0.25, -0.2) is 0 Å². The minimum Gasteiger partial charge on any atom is -0.457 e. The number of anilines is 1. The van der Waals surface area contributed by atoms with Crippen molar-refractivity contribution in [2.45, 2.75) is 19.4 Å². The third-order valence-electron chi connectivity index (χ3n) is 2.83. The monoisotopic (exact) mass is 256 g/mol. The van der Waals surface area contributed by atoms with Gasteiger partial charge < -0.3 is 15.8 Å². The van der Waals surface area contributed by atoms with Crippen LogP contribution in [0.4, 0.5) is 5.69 Å². The quantitative estimate of drug-likeness (QED) is 0.858. The van der Waals surface area contributed by atoms with Crippen LogP contribution < -0.4 is 15.8 Å². The van der Waals surface area contributed by atoms with Crippen molar-refractivity contribution >= 4 is 5.69 Å². The number of ether oxygens (including phenoxy) is 1. The summed E-state index contributed by atoms with van der Waals surface area (Å²) in [5.41, 5.74) is 6.63. The summed E-state index contributed by atoms with van der Waals surface area (Å²) in [5, 5.41) is 3.38. The van der Waals surface area contributed by atoms with E-state index in [1.165, 1.54) is 0 Å². The van der Waals surface area contributed by atoms with Crippen molar-refractivity contribution < 1.29 is 4.74 Å². The summed E-state index contributed by atoms with van der Waals surface area (Å²) in [6, 6.07) is 17.6. The highest BCUT2D eigenvalue weighted by molar-refractivity contribution is 5.48. The van der Waals surface area contributed by atoms with Crippen LogP contribution in [0, 0.1) is 0 Å². The Morgan fingerprint density at radius 3 is 2.11 bits per heavy atom. The van der Waals surface area contributed by atoms with Crippen molar-refractivity contribution in [2.75, 3.05) is 11.9 Å². The van der Waals surface area contributed by atoms with Gasteiger partial charge in [-0.15, -0.1) is 0 Å². The lowest BCUT2D eigenvalue weighted by molar-refractivity contribution is 0.482. The fourth-order valence-electron chi connectivity index (χ4n) is 1.67. The van der Waals surface area contributed by atoms with Crippen LogP contribution in [-0.2, 0) is 0 Å². The van der Waals surface area contributed by atoms with Crippen molar-refractivity contribution in [2.24, 2.45) is 5.73 Å².